The van der Waals surface area contributed by atoms with Gasteiger partial charge in [-0.1, -0.05) is 20.8 Å². The smallest absolute Gasteiger partial charge is 0.412 e. The van der Waals surface area contributed by atoms with Gasteiger partial charge in [0.1, 0.15) is 0 Å². The quantitative estimate of drug-likeness (QED) is 0.270. The number of nitrogens with one attached hydrogen (secondary N) is 1. The van der Waals surface area contributed by atoms with Crippen molar-refractivity contribution in [3.05, 3.63) is 0 Å². The second-order valence-corrected chi connectivity index (χ2v) is 7.08. The monoisotopic (exact) mass is 355 g/mol. The van der Waals surface area contributed by atoms with Gasteiger partial charge in [0.2, 0.25) is 6.29 Å². The number of rotatable bonds is 10. The molecule has 0 saturated carbocycles. The number of ether oxygens (including phenoxy) is 2. The van der Waals surface area contributed by atoms with Crippen LogP contribution in [0.25, 0.3) is 0 Å². The molecule has 0 aromatic carbocycles. The van der Waals surface area contributed by atoms with Gasteiger partial charge in [-0.2, -0.15) is 0 Å². The maximum Gasteiger partial charge on any atom is 0.412 e. The molecule has 0 radical (unpaired) electrons. The second kappa shape index (κ2) is 11.4. The largest absolute Gasteiger partial charge is 0.425 e. The van der Waals surface area contributed by atoms with Crippen molar-refractivity contribution in [1.82, 2.24) is 5.32 Å². The van der Waals surface area contributed by atoms with E-state index in [9.17, 15) is 18.5 Å². The standard InChI is InChI=1S/C14H27FNO6P/c1-9(2)13(17)21-11(4)22-14(18)16-12(15)6-5-10(3)7-8-23(19)20/h9-12,23H,5-8H2,1-4H3,(H,16,18)(H,19,20). The van der Waals surface area contributed by atoms with E-state index in [0.29, 0.717) is 12.8 Å². The number of hydrogen-bond donors (Lipinski definition) is 2. The molecule has 0 aromatic rings. The molecule has 0 saturated heterocycles. The summed E-state index contributed by atoms with van der Waals surface area (Å²) >= 11 is 0. The molecule has 0 heterocycles. The maximum atomic E-state index is 13.6. The predicted molar refractivity (Wildman–Crippen MR) is 84.0 cm³/mol. The highest BCUT2D eigenvalue weighted by molar-refractivity contribution is 7.37. The minimum Gasteiger partial charge on any atom is -0.425 e. The predicted octanol–water partition coefficient (Wildman–Crippen LogP) is 2.83. The van der Waals surface area contributed by atoms with Crippen molar-refractivity contribution in [2.24, 2.45) is 11.8 Å². The molecule has 4 unspecified atom stereocenters. The SMILES string of the molecule is CC(CCC(F)NC(=O)OC(C)OC(=O)C(C)C)CC[PH](=O)O. The first-order chi connectivity index (χ1) is 10.6. The summed E-state index contributed by atoms with van der Waals surface area (Å²) < 4.78 is 33.8. The molecule has 1 amide bonds. The average molecular weight is 355 g/mol. The highest BCUT2D eigenvalue weighted by Crippen LogP contribution is 2.21. The zero-order chi connectivity index (χ0) is 18.0. The number of alkyl carbamates (subject to hydrolysis) is 1. The normalized spacial score (nSPS) is 16.3. The Balaban J connectivity index is 3.96. The molecule has 0 aliphatic heterocycles. The Kier molecular flexibility index (Phi) is 10.8. The molecule has 0 aliphatic carbocycles. The lowest BCUT2D eigenvalue weighted by Gasteiger charge is -2.17. The van der Waals surface area contributed by atoms with Gasteiger partial charge in [-0.05, 0) is 25.2 Å². The van der Waals surface area contributed by atoms with E-state index in [2.05, 4.69) is 0 Å². The Morgan fingerprint density at radius 2 is 1.74 bits per heavy atom. The van der Waals surface area contributed by atoms with E-state index in [4.69, 9.17) is 14.4 Å². The number of hydrogen-bond acceptors (Lipinski definition) is 5. The molecule has 0 fully saturated rings. The van der Waals surface area contributed by atoms with Crippen LogP contribution < -0.4 is 5.32 Å². The molecule has 0 aromatic heterocycles. The number of amides is 1. The van der Waals surface area contributed by atoms with Crippen LogP contribution in [0.5, 0.6) is 0 Å². The van der Waals surface area contributed by atoms with Gasteiger partial charge in [-0.3, -0.25) is 14.7 Å². The third kappa shape index (κ3) is 12.0. The van der Waals surface area contributed by atoms with Crippen LogP contribution in [0.4, 0.5) is 9.18 Å². The fourth-order valence-electron chi connectivity index (χ4n) is 1.65. The summed E-state index contributed by atoms with van der Waals surface area (Å²) in [5, 5.41) is 2.01. The van der Waals surface area contributed by atoms with Crippen LogP contribution >= 0.6 is 8.03 Å². The lowest BCUT2D eigenvalue weighted by molar-refractivity contribution is -0.168. The fourth-order valence-corrected chi connectivity index (χ4v) is 2.39. The Hall–Kier alpha value is -1.14. The second-order valence-electron chi connectivity index (χ2n) is 5.79. The van der Waals surface area contributed by atoms with Crippen molar-refractivity contribution in [3.63, 3.8) is 0 Å². The van der Waals surface area contributed by atoms with E-state index in [1.807, 2.05) is 12.2 Å². The van der Waals surface area contributed by atoms with Crippen molar-refractivity contribution in [2.45, 2.75) is 59.5 Å². The minimum atomic E-state index is -2.49. The molecule has 0 spiro atoms. The summed E-state index contributed by atoms with van der Waals surface area (Å²) in [5.74, 6) is -0.786. The van der Waals surface area contributed by atoms with Gasteiger partial charge in [-0.25, -0.2) is 9.18 Å². The van der Waals surface area contributed by atoms with Gasteiger partial charge in [-0.15, -0.1) is 0 Å². The third-order valence-corrected chi connectivity index (χ3v) is 3.78. The molecule has 2 N–H and O–H groups in total. The van der Waals surface area contributed by atoms with E-state index in [0.717, 1.165) is 0 Å². The Morgan fingerprint density at radius 1 is 1.13 bits per heavy atom. The van der Waals surface area contributed by atoms with Gasteiger partial charge >= 0.3 is 12.1 Å². The Morgan fingerprint density at radius 3 is 2.26 bits per heavy atom. The van der Waals surface area contributed by atoms with Crippen molar-refractivity contribution >= 4 is 20.1 Å². The summed E-state index contributed by atoms with van der Waals surface area (Å²) in [7, 11) is -2.49. The van der Waals surface area contributed by atoms with Crippen molar-refractivity contribution in [1.29, 1.82) is 0 Å². The van der Waals surface area contributed by atoms with Crippen molar-refractivity contribution < 1.29 is 32.9 Å². The van der Waals surface area contributed by atoms with Crippen LogP contribution in [0, 0.1) is 11.8 Å². The summed E-state index contributed by atoms with van der Waals surface area (Å²) in [6.45, 7) is 6.50. The van der Waals surface area contributed by atoms with Crippen LogP contribution in [0.3, 0.4) is 0 Å². The number of alkyl halides is 1. The van der Waals surface area contributed by atoms with E-state index in [1.165, 1.54) is 6.92 Å². The number of esters is 1. The van der Waals surface area contributed by atoms with Crippen LogP contribution in [-0.2, 0) is 18.8 Å². The van der Waals surface area contributed by atoms with E-state index in [-0.39, 0.29) is 24.4 Å². The molecule has 0 bridgehead atoms. The molecule has 4 atom stereocenters. The molecular formula is C14H27FNO6P. The zero-order valence-electron chi connectivity index (χ0n) is 14.0. The molecule has 7 nitrogen and oxygen atoms in total. The van der Waals surface area contributed by atoms with Crippen molar-refractivity contribution in [2.75, 3.05) is 6.16 Å². The first kappa shape index (κ1) is 21.9. The Labute approximate surface area is 136 Å². The molecule has 0 rings (SSSR count). The van der Waals surface area contributed by atoms with Crippen molar-refractivity contribution in [3.8, 4) is 0 Å². The average Bonchev–Trinajstić information content (AvgIpc) is 2.42. The first-order valence-electron chi connectivity index (χ1n) is 7.65. The number of carbonyl (C=O) groups is 2. The molecule has 23 heavy (non-hydrogen) atoms. The van der Waals surface area contributed by atoms with Gasteiger partial charge in [0.15, 0.2) is 14.3 Å². The summed E-state index contributed by atoms with van der Waals surface area (Å²) in [6.07, 6.45) is -2.40. The highest BCUT2D eigenvalue weighted by Gasteiger charge is 2.19. The molecule has 0 aliphatic rings. The van der Waals surface area contributed by atoms with Gasteiger partial charge in [0.25, 0.3) is 0 Å². The summed E-state index contributed by atoms with van der Waals surface area (Å²) in [5.41, 5.74) is 0. The summed E-state index contributed by atoms with van der Waals surface area (Å²) in [4.78, 5) is 31.5. The van der Waals surface area contributed by atoms with E-state index < -0.39 is 32.7 Å². The van der Waals surface area contributed by atoms with Crippen LogP contribution in [0.1, 0.15) is 47.0 Å². The maximum absolute atomic E-state index is 13.6. The highest BCUT2D eigenvalue weighted by atomic mass is 31.1. The lowest BCUT2D eigenvalue weighted by atomic mass is 10.0. The molecule has 9 heteroatoms. The lowest BCUT2D eigenvalue weighted by Crippen LogP contribution is -2.35. The van der Waals surface area contributed by atoms with Crippen LogP contribution in [0.2, 0.25) is 0 Å². The first-order valence-corrected chi connectivity index (χ1v) is 9.21. The van der Waals surface area contributed by atoms with E-state index >= 15 is 0 Å². The van der Waals surface area contributed by atoms with Gasteiger partial charge < -0.3 is 14.4 Å². The zero-order valence-corrected chi connectivity index (χ0v) is 15.0. The summed E-state index contributed by atoms with van der Waals surface area (Å²) in [6, 6.07) is 0. The van der Waals surface area contributed by atoms with Gasteiger partial charge in [0.05, 0.1) is 5.92 Å². The third-order valence-electron chi connectivity index (χ3n) is 3.06. The van der Waals surface area contributed by atoms with E-state index in [1.54, 1.807) is 13.8 Å². The fraction of sp³-hybridized carbons (Fsp3) is 0.857. The van der Waals surface area contributed by atoms with Crippen LogP contribution in [-0.4, -0.2) is 35.7 Å². The Bertz CT molecular complexity index is 407. The van der Waals surface area contributed by atoms with Crippen LogP contribution in [0.15, 0.2) is 0 Å². The molecular weight excluding hydrogens is 328 g/mol. The van der Waals surface area contributed by atoms with Gasteiger partial charge in [0, 0.05) is 13.1 Å². The minimum absolute atomic E-state index is 0.0722. The molecule has 136 valence electrons. The number of carbonyl (C=O) groups excluding carboxylic acids is 2. The topological polar surface area (TPSA) is 102 Å². The number of halogens is 1.